The summed E-state index contributed by atoms with van der Waals surface area (Å²) >= 11 is 7.19. The summed E-state index contributed by atoms with van der Waals surface area (Å²) in [6, 6.07) is 27.6. The summed E-state index contributed by atoms with van der Waals surface area (Å²) in [7, 11) is 0. The van der Waals surface area contributed by atoms with Crippen LogP contribution in [0.1, 0.15) is 23.0 Å². The first-order valence-corrected chi connectivity index (χ1v) is 14.0. The van der Waals surface area contributed by atoms with Crippen LogP contribution < -0.4 is 20.1 Å². The molecule has 0 saturated heterocycles. The van der Waals surface area contributed by atoms with Crippen molar-refractivity contribution in [3.05, 3.63) is 127 Å². The molecule has 1 N–H and O–H groups in total. The van der Waals surface area contributed by atoms with Gasteiger partial charge in [-0.1, -0.05) is 54.1 Å². The van der Waals surface area contributed by atoms with Crippen LogP contribution in [0.15, 0.2) is 100 Å². The molecule has 0 saturated carbocycles. The molecule has 2 heterocycles. The number of halogens is 1. The lowest BCUT2D eigenvalue weighted by molar-refractivity contribution is -0.111. The van der Waals surface area contributed by atoms with Gasteiger partial charge in [0.15, 0.2) is 5.57 Å². The van der Waals surface area contributed by atoms with Gasteiger partial charge in [0.25, 0.3) is 11.5 Å². The Morgan fingerprint density at radius 2 is 1.74 bits per heavy atom. The minimum atomic E-state index is -0.699. The van der Waals surface area contributed by atoms with Gasteiger partial charge in [-0.25, -0.2) is 4.79 Å². The largest absolute Gasteiger partial charge is 0.462 e. The number of rotatable bonds is 7. The predicted octanol–water partition coefficient (Wildman–Crippen LogP) is 5.13. The van der Waals surface area contributed by atoms with E-state index in [0.717, 1.165) is 16.9 Å². The van der Waals surface area contributed by atoms with E-state index in [9.17, 15) is 19.6 Å². The summed E-state index contributed by atoms with van der Waals surface area (Å²) in [6.45, 7) is 2.03. The van der Waals surface area contributed by atoms with E-state index >= 15 is 0 Å². The number of esters is 1. The van der Waals surface area contributed by atoms with Crippen molar-refractivity contribution in [3.63, 3.8) is 0 Å². The standard InChI is InChI=1S/C32H22ClN3O5S/c1-2-40-32(39)21-14-12-20(13-15-21)27-17-16-23(41-27)18-28-30(38)36(22-8-4-3-5-9-22)31(42-28)24(19-34)29(37)35-26-11-7-6-10-25(26)33/h3-18H,2H2,1H3,(H,35,37). The lowest BCUT2D eigenvalue weighted by Gasteiger charge is -2.07. The van der Waals surface area contributed by atoms with Crippen molar-refractivity contribution in [3.8, 4) is 23.1 Å². The Labute approximate surface area is 249 Å². The van der Waals surface area contributed by atoms with Gasteiger partial charge in [0.05, 0.1) is 33.1 Å². The number of para-hydroxylation sites is 2. The summed E-state index contributed by atoms with van der Waals surface area (Å²) in [4.78, 5) is 38.8. The number of benzene rings is 3. The molecular weight excluding hydrogens is 574 g/mol. The normalized spacial score (nSPS) is 12.0. The molecule has 2 aromatic heterocycles. The van der Waals surface area contributed by atoms with Gasteiger partial charge in [-0.05, 0) is 55.5 Å². The topological polar surface area (TPSA) is 114 Å². The van der Waals surface area contributed by atoms with Crippen LogP contribution in [0.3, 0.4) is 0 Å². The third kappa shape index (κ3) is 5.95. The minimum absolute atomic E-state index is 0.158. The monoisotopic (exact) mass is 595 g/mol. The Hall–Kier alpha value is -5.17. The molecule has 0 aliphatic carbocycles. The van der Waals surface area contributed by atoms with Gasteiger partial charge in [-0.3, -0.25) is 14.2 Å². The lowest BCUT2D eigenvalue weighted by atomic mass is 10.1. The molecule has 0 radical (unpaired) electrons. The first kappa shape index (κ1) is 28.4. The summed E-state index contributed by atoms with van der Waals surface area (Å²) in [6.07, 6.45) is 1.56. The number of hydrogen-bond donors (Lipinski definition) is 1. The van der Waals surface area contributed by atoms with Crippen molar-refractivity contribution in [2.75, 3.05) is 11.9 Å². The average Bonchev–Trinajstić information content (AvgIpc) is 3.60. The zero-order valence-corrected chi connectivity index (χ0v) is 23.7. The number of nitriles is 1. The van der Waals surface area contributed by atoms with Crippen molar-refractivity contribution in [1.29, 1.82) is 5.26 Å². The molecule has 10 heteroatoms. The molecule has 42 heavy (non-hydrogen) atoms. The Kier molecular flexibility index (Phi) is 8.48. The van der Waals surface area contributed by atoms with Crippen molar-refractivity contribution in [2.45, 2.75) is 6.92 Å². The number of hydrogen-bond acceptors (Lipinski definition) is 7. The quantitative estimate of drug-likeness (QED) is 0.261. The zero-order valence-electron chi connectivity index (χ0n) is 22.2. The van der Waals surface area contributed by atoms with Gasteiger partial charge < -0.3 is 14.5 Å². The van der Waals surface area contributed by atoms with Crippen LogP contribution in [-0.4, -0.2) is 23.1 Å². The molecule has 5 rings (SSSR count). The molecule has 8 nitrogen and oxygen atoms in total. The number of carbonyl (C=O) groups is 2. The molecule has 1 amide bonds. The highest BCUT2D eigenvalue weighted by atomic mass is 35.5. The first-order valence-electron chi connectivity index (χ1n) is 12.8. The second kappa shape index (κ2) is 12.6. The van der Waals surface area contributed by atoms with Crippen molar-refractivity contribution in [2.24, 2.45) is 0 Å². The number of nitrogens with zero attached hydrogens (tertiary/aromatic N) is 2. The highest BCUT2D eigenvalue weighted by Gasteiger charge is 2.18. The Morgan fingerprint density at radius 1 is 1.02 bits per heavy atom. The highest BCUT2D eigenvalue weighted by molar-refractivity contribution is 7.07. The van der Waals surface area contributed by atoms with Crippen molar-refractivity contribution in [1.82, 2.24) is 4.57 Å². The second-order valence-electron chi connectivity index (χ2n) is 8.81. The van der Waals surface area contributed by atoms with E-state index < -0.39 is 17.4 Å². The van der Waals surface area contributed by atoms with E-state index in [2.05, 4.69) is 5.32 Å². The molecular formula is C32H22ClN3O5S. The zero-order chi connectivity index (χ0) is 29.6. The fourth-order valence-corrected chi connectivity index (χ4v) is 5.37. The Balaban J connectivity index is 1.58. The van der Waals surface area contributed by atoms with Crippen LogP contribution >= 0.6 is 22.9 Å². The van der Waals surface area contributed by atoms with Crippen LogP contribution in [0, 0.1) is 11.3 Å². The van der Waals surface area contributed by atoms with E-state index in [1.165, 1.54) is 4.57 Å². The van der Waals surface area contributed by atoms with Gasteiger partial charge >= 0.3 is 5.97 Å². The molecule has 0 atom stereocenters. The van der Waals surface area contributed by atoms with Crippen LogP contribution in [0.25, 0.3) is 28.7 Å². The maximum Gasteiger partial charge on any atom is 0.338 e. The third-order valence-electron chi connectivity index (χ3n) is 6.09. The van der Waals surface area contributed by atoms with Crippen LogP contribution in [0.5, 0.6) is 0 Å². The molecule has 5 aromatic rings. The van der Waals surface area contributed by atoms with E-state index in [4.69, 9.17) is 20.8 Å². The second-order valence-corrected chi connectivity index (χ2v) is 10.3. The fraction of sp³-hybridized carbons (Fsp3) is 0.0625. The Morgan fingerprint density at radius 3 is 2.43 bits per heavy atom. The van der Waals surface area contributed by atoms with E-state index in [-0.39, 0.29) is 21.4 Å². The number of nitrogens with one attached hydrogen (secondary N) is 1. The van der Waals surface area contributed by atoms with E-state index in [1.807, 2.05) is 6.07 Å². The summed E-state index contributed by atoms with van der Waals surface area (Å²) in [5.41, 5.74) is 1.32. The molecule has 3 aromatic carbocycles. The van der Waals surface area contributed by atoms with Gasteiger partial charge in [-0.2, -0.15) is 5.26 Å². The van der Waals surface area contributed by atoms with Crippen molar-refractivity contribution >= 4 is 52.2 Å². The average molecular weight is 596 g/mol. The predicted molar refractivity (Wildman–Crippen MR) is 162 cm³/mol. The first-order chi connectivity index (χ1) is 20.4. The van der Waals surface area contributed by atoms with Gasteiger partial charge in [0.2, 0.25) is 0 Å². The number of aromatic nitrogens is 1. The van der Waals surface area contributed by atoms with Gasteiger partial charge in [-0.15, -0.1) is 11.3 Å². The molecule has 0 bridgehead atoms. The fourth-order valence-electron chi connectivity index (χ4n) is 4.10. The molecule has 0 spiro atoms. The number of carbonyl (C=O) groups excluding carboxylic acids is 2. The molecule has 0 fully saturated rings. The SMILES string of the molecule is CCOC(=O)c1ccc(-c2ccc(C=c3sc(=C(C#N)C(=O)Nc4ccccc4Cl)n(-c4ccccc4)c3=O)o2)cc1. The van der Waals surface area contributed by atoms with Crippen LogP contribution in [0.4, 0.5) is 5.69 Å². The number of ether oxygens (including phenoxy) is 1. The Bertz CT molecular complexity index is 2000. The smallest absolute Gasteiger partial charge is 0.338 e. The third-order valence-corrected chi connectivity index (χ3v) is 7.52. The minimum Gasteiger partial charge on any atom is -0.462 e. The summed E-state index contributed by atoms with van der Waals surface area (Å²) < 4.78 is 12.7. The maximum atomic E-state index is 13.7. The number of amides is 1. The highest BCUT2D eigenvalue weighted by Crippen LogP contribution is 2.24. The van der Waals surface area contributed by atoms with E-state index in [1.54, 1.807) is 104 Å². The number of thiazole rings is 1. The summed E-state index contributed by atoms with van der Waals surface area (Å²) in [5, 5.41) is 13.0. The van der Waals surface area contributed by atoms with Gasteiger partial charge in [0, 0.05) is 11.6 Å². The maximum absolute atomic E-state index is 13.7. The van der Waals surface area contributed by atoms with Crippen LogP contribution in [-0.2, 0) is 9.53 Å². The molecule has 0 unspecified atom stereocenters. The van der Waals surface area contributed by atoms with Crippen molar-refractivity contribution < 1.29 is 18.7 Å². The van der Waals surface area contributed by atoms with Crippen LogP contribution in [0.2, 0.25) is 5.02 Å². The lowest BCUT2D eigenvalue weighted by Crippen LogP contribution is -2.32. The summed E-state index contributed by atoms with van der Waals surface area (Å²) in [5.74, 6) is -0.187. The number of furan rings is 1. The molecule has 0 aliphatic heterocycles. The molecule has 0 aliphatic rings. The molecule has 208 valence electrons. The van der Waals surface area contributed by atoms with E-state index in [0.29, 0.717) is 33.5 Å². The number of anilines is 1. The van der Waals surface area contributed by atoms with Gasteiger partial charge in [0.1, 0.15) is 22.3 Å².